The normalized spacial score (nSPS) is 11.9. The first-order chi connectivity index (χ1) is 10.3. The van der Waals surface area contributed by atoms with E-state index in [9.17, 15) is 0 Å². The molecule has 0 saturated heterocycles. The van der Waals surface area contributed by atoms with E-state index in [1.165, 1.54) is 27.6 Å². The molecule has 3 aromatic rings. The Bertz CT molecular complexity index is 838. The maximum Gasteiger partial charge on any atom is 0.0709 e. The molecule has 0 aliphatic heterocycles. The van der Waals surface area contributed by atoms with Gasteiger partial charge in [0.05, 0.1) is 11.2 Å². The molecule has 1 nitrogen and oxygen atoms in total. The van der Waals surface area contributed by atoms with E-state index in [2.05, 4.69) is 83.1 Å². The lowest BCUT2D eigenvalue weighted by atomic mass is 9.85. The van der Waals surface area contributed by atoms with Crippen LogP contribution in [-0.2, 0) is 5.41 Å². The first-order valence-corrected chi connectivity index (χ1v) is 7.83. The predicted octanol–water partition coefficient (Wildman–Crippen LogP) is 5.82. The molecule has 0 radical (unpaired) electrons. The smallest absolute Gasteiger partial charge is 0.0709 e. The molecule has 112 valence electrons. The Morgan fingerprint density at radius 3 is 2.27 bits per heavy atom. The van der Waals surface area contributed by atoms with Crippen molar-refractivity contribution >= 4 is 10.9 Å². The van der Waals surface area contributed by atoms with Gasteiger partial charge in [0.25, 0.3) is 0 Å². The number of rotatable bonds is 1. The molecule has 0 bridgehead atoms. The molecule has 0 unspecified atom stereocenters. The molecular weight excluding hydrogens is 266 g/mol. The highest BCUT2D eigenvalue weighted by Crippen LogP contribution is 2.29. The zero-order valence-electron chi connectivity index (χ0n) is 14.1. The van der Waals surface area contributed by atoms with Crippen molar-refractivity contribution in [2.24, 2.45) is 0 Å². The Morgan fingerprint density at radius 1 is 0.773 bits per heavy atom. The minimum absolute atomic E-state index is 0.148. The van der Waals surface area contributed by atoms with Crippen LogP contribution in [0.4, 0.5) is 0 Å². The molecular formula is C21H23N. The third-order valence-corrected chi connectivity index (χ3v) is 4.08. The van der Waals surface area contributed by atoms with Crippen LogP contribution >= 0.6 is 0 Å². The second kappa shape index (κ2) is 5.24. The number of fused-ring (bicyclic) bond motifs is 1. The SMILES string of the molecule is Cc1cc(-c2ccc3cc(C)ccc3n2)cc(C(C)(C)C)c1. The zero-order chi connectivity index (χ0) is 15.9. The fraction of sp³-hybridized carbons (Fsp3) is 0.286. The summed E-state index contributed by atoms with van der Waals surface area (Å²) in [5.74, 6) is 0. The van der Waals surface area contributed by atoms with Gasteiger partial charge in [0.1, 0.15) is 0 Å². The number of nitrogens with zero attached hydrogens (tertiary/aromatic N) is 1. The van der Waals surface area contributed by atoms with Crippen molar-refractivity contribution in [3.8, 4) is 11.3 Å². The third-order valence-electron chi connectivity index (χ3n) is 4.08. The quantitative estimate of drug-likeness (QED) is 0.550. The summed E-state index contributed by atoms with van der Waals surface area (Å²) in [6.45, 7) is 11.0. The molecule has 0 amide bonds. The Labute approximate surface area is 133 Å². The van der Waals surface area contributed by atoms with Crippen LogP contribution in [0.15, 0.2) is 48.5 Å². The number of hydrogen-bond donors (Lipinski definition) is 0. The Balaban J connectivity index is 2.15. The summed E-state index contributed by atoms with van der Waals surface area (Å²) in [4.78, 5) is 4.85. The first-order valence-electron chi connectivity index (χ1n) is 7.83. The van der Waals surface area contributed by atoms with Gasteiger partial charge in [-0.1, -0.05) is 50.1 Å². The van der Waals surface area contributed by atoms with Gasteiger partial charge in [-0.05, 0) is 55.2 Å². The first kappa shape index (κ1) is 14.8. The number of benzene rings is 2. The minimum atomic E-state index is 0.148. The highest BCUT2D eigenvalue weighted by atomic mass is 14.7. The number of hydrogen-bond acceptors (Lipinski definition) is 1. The average molecular weight is 289 g/mol. The Morgan fingerprint density at radius 2 is 1.55 bits per heavy atom. The van der Waals surface area contributed by atoms with Gasteiger partial charge in [-0.2, -0.15) is 0 Å². The standard InChI is InChI=1S/C21H23N/c1-14-6-8-19-16(10-14)7-9-20(22-19)17-11-15(2)12-18(13-17)21(3,4)5/h6-13H,1-5H3. The summed E-state index contributed by atoms with van der Waals surface area (Å²) in [5, 5.41) is 1.20. The van der Waals surface area contributed by atoms with Crippen LogP contribution in [0.5, 0.6) is 0 Å². The van der Waals surface area contributed by atoms with Crippen molar-refractivity contribution in [1.82, 2.24) is 4.98 Å². The number of aromatic nitrogens is 1. The van der Waals surface area contributed by atoms with Crippen LogP contribution in [0.25, 0.3) is 22.2 Å². The van der Waals surface area contributed by atoms with Crippen molar-refractivity contribution in [3.05, 3.63) is 65.2 Å². The largest absolute Gasteiger partial charge is 0.248 e. The zero-order valence-corrected chi connectivity index (χ0v) is 14.1. The second-order valence-electron chi connectivity index (χ2n) is 7.23. The second-order valence-corrected chi connectivity index (χ2v) is 7.23. The van der Waals surface area contributed by atoms with Crippen molar-refractivity contribution in [1.29, 1.82) is 0 Å². The van der Waals surface area contributed by atoms with Gasteiger partial charge < -0.3 is 0 Å². The van der Waals surface area contributed by atoms with E-state index in [1.807, 2.05) is 0 Å². The summed E-state index contributed by atoms with van der Waals surface area (Å²) in [6.07, 6.45) is 0. The summed E-state index contributed by atoms with van der Waals surface area (Å²) in [5.41, 5.74) is 7.36. The lowest BCUT2D eigenvalue weighted by molar-refractivity contribution is 0.590. The van der Waals surface area contributed by atoms with E-state index in [0.29, 0.717) is 0 Å². The van der Waals surface area contributed by atoms with E-state index in [1.54, 1.807) is 0 Å². The van der Waals surface area contributed by atoms with Gasteiger partial charge in [-0.3, -0.25) is 0 Å². The van der Waals surface area contributed by atoms with Gasteiger partial charge in [0, 0.05) is 10.9 Å². The van der Waals surface area contributed by atoms with Crippen molar-refractivity contribution in [3.63, 3.8) is 0 Å². The van der Waals surface area contributed by atoms with Crippen molar-refractivity contribution in [2.75, 3.05) is 0 Å². The van der Waals surface area contributed by atoms with Crippen molar-refractivity contribution < 1.29 is 0 Å². The van der Waals surface area contributed by atoms with E-state index in [-0.39, 0.29) is 5.41 Å². The molecule has 1 aromatic heterocycles. The number of aryl methyl sites for hydroxylation is 2. The minimum Gasteiger partial charge on any atom is -0.248 e. The fourth-order valence-corrected chi connectivity index (χ4v) is 2.77. The summed E-state index contributed by atoms with van der Waals surface area (Å²) in [6, 6.07) is 17.5. The van der Waals surface area contributed by atoms with Gasteiger partial charge in [0.2, 0.25) is 0 Å². The molecule has 0 N–H and O–H groups in total. The lowest BCUT2D eigenvalue weighted by Crippen LogP contribution is -2.11. The van der Waals surface area contributed by atoms with Crippen LogP contribution < -0.4 is 0 Å². The molecule has 0 fully saturated rings. The van der Waals surface area contributed by atoms with Gasteiger partial charge in [-0.25, -0.2) is 4.98 Å². The molecule has 0 atom stereocenters. The molecule has 1 heteroatoms. The summed E-state index contributed by atoms with van der Waals surface area (Å²) in [7, 11) is 0. The molecule has 22 heavy (non-hydrogen) atoms. The van der Waals surface area contributed by atoms with Crippen LogP contribution in [0, 0.1) is 13.8 Å². The molecule has 1 heterocycles. The fourth-order valence-electron chi connectivity index (χ4n) is 2.77. The van der Waals surface area contributed by atoms with Gasteiger partial charge in [0.15, 0.2) is 0 Å². The molecule has 0 aliphatic carbocycles. The maximum absolute atomic E-state index is 4.85. The third kappa shape index (κ3) is 2.89. The van der Waals surface area contributed by atoms with E-state index in [0.717, 1.165) is 11.2 Å². The highest BCUT2D eigenvalue weighted by molar-refractivity contribution is 5.82. The van der Waals surface area contributed by atoms with E-state index < -0.39 is 0 Å². The van der Waals surface area contributed by atoms with Gasteiger partial charge in [-0.15, -0.1) is 0 Å². The Hall–Kier alpha value is -2.15. The summed E-state index contributed by atoms with van der Waals surface area (Å²) < 4.78 is 0. The lowest BCUT2D eigenvalue weighted by Gasteiger charge is -2.20. The molecule has 0 aliphatic rings. The van der Waals surface area contributed by atoms with Crippen LogP contribution in [-0.4, -0.2) is 4.98 Å². The molecule has 0 spiro atoms. The number of pyridine rings is 1. The molecule has 2 aromatic carbocycles. The van der Waals surface area contributed by atoms with E-state index >= 15 is 0 Å². The van der Waals surface area contributed by atoms with Crippen LogP contribution in [0.2, 0.25) is 0 Å². The molecule has 3 rings (SSSR count). The highest BCUT2D eigenvalue weighted by Gasteiger charge is 2.15. The van der Waals surface area contributed by atoms with E-state index in [4.69, 9.17) is 4.98 Å². The Kier molecular flexibility index (Phi) is 3.52. The molecule has 0 saturated carbocycles. The maximum atomic E-state index is 4.85. The predicted molar refractivity (Wildman–Crippen MR) is 95.4 cm³/mol. The van der Waals surface area contributed by atoms with Crippen LogP contribution in [0.1, 0.15) is 37.5 Å². The average Bonchev–Trinajstić information content (AvgIpc) is 2.45. The van der Waals surface area contributed by atoms with Crippen molar-refractivity contribution in [2.45, 2.75) is 40.0 Å². The summed E-state index contributed by atoms with van der Waals surface area (Å²) >= 11 is 0. The van der Waals surface area contributed by atoms with Crippen LogP contribution in [0.3, 0.4) is 0 Å². The topological polar surface area (TPSA) is 12.9 Å². The van der Waals surface area contributed by atoms with Gasteiger partial charge >= 0.3 is 0 Å². The monoisotopic (exact) mass is 289 g/mol.